The van der Waals surface area contributed by atoms with E-state index in [-0.39, 0.29) is 18.5 Å². The summed E-state index contributed by atoms with van der Waals surface area (Å²) in [5.41, 5.74) is 0. The monoisotopic (exact) mass is 238 g/mol. The normalized spacial score (nSPS) is 15.3. The van der Waals surface area contributed by atoms with Gasteiger partial charge in [0.1, 0.15) is 0 Å². The van der Waals surface area contributed by atoms with Gasteiger partial charge in [0.2, 0.25) is 0 Å². The molecular weight excluding hydrogens is 216 g/mol. The van der Waals surface area contributed by atoms with Crippen molar-refractivity contribution in [3.05, 3.63) is 0 Å². The van der Waals surface area contributed by atoms with Crippen LogP contribution >= 0.6 is 0 Å². The van der Waals surface area contributed by atoms with Crippen molar-refractivity contribution < 1.29 is 13.5 Å². The van der Waals surface area contributed by atoms with E-state index in [1.165, 1.54) is 11.4 Å². The third-order valence-electron chi connectivity index (χ3n) is 2.35. The maximum absolute atomic E-state index is 11.6. The molecule has 0 aromatic rings. The molecule has 0 saturated heterocycles. The molecule has 6 heteroatoms. The van der Waals surface area contributed by atoms with Gasteiger partial charge in [-0.2, -0.15) is 17.4 Å². The lowest BCUT2D eigenvalue weighted by molar-refractivity contribution is 0.129. The van der Waals surface area contributed by atoms with Gasteiger partial charge in [0.05, 0.1) is 6.10 Å². The summed E-state index contributed by atoms with van der Waals surface area (Å²) in [6.07, 6.45) is -0.652. The summed E-state index contributed by atoms with van der Waals surface area (Å²) < 4.78 is 26.8. The minimum absolute atomic E-state index is 0.0389. The molecule has 0 aliphatic rings. The van der Waals surface area contributed by atoms with E-state index in [1.807, 2.05) is 13.8 Å². The van der Waals surface area contributed by atoms with Crippen molar-refractivity contribution in [2.45, 2.75) is 39.8 Å². The maximum atomic E-state index is 11.6. The van der Waals surface area contributed by atoms with Gasteiger partial charge in [-0.05, 0) is 19.8 Å². The lowest BCUT2D eigenvalue weighted by Gasteiger charge is -2.23. The van der Waals surface area contributed by atoms with Crippen LogP contribution in [0.2, 0.25) is 0 Å². The summed E-state index contributed by atoms with van der Waals surface area (Å²) in [6, 6.07) is -0.0984. The van der Waals surface area contributed by atoms with Gasteiger partial charge in [-0.3, -0.25) is 0 Å². The molecule has 1 unspecified atom stereocenters. The van der Waals surface area contributed by atoms with Gasteiger partial charge in [0.25, 0.3) is 10.2 Å². The van der Waals surface area contributed by atoms with Crippen LogP contribution < -0.4 is 4.72 Å². The van der Waals surface area contributed by atoms with Gasteiger partial charge in [-0.1, -0.05) is 13.8 Å². The average molecular weight is 238 g/mol. The standard InChI is InChI=1S/C9H22N2O3S/c1-7(2)9(12)6-10-15(13,14)11(5)8(3)4/h7-10,12H,6H2,1-5H3. The minimum atomic E-state index is -3.46. The van der Waals surface area contributed by atoms with Gasteiger partial charge in [0, 0.05) is 19.6 Å². The third kappa shape index (κ3) is 4.92. The van der Waals surface area contributed by atoms with E-state index in [2.05, 4.69) is 4.72 Å². The maximum Gasteiger partial charge on any atom is 0.279 e. The molecule has 0 spiro atoms. The fourth-order valence-electron chi connectivity index (χ4n) is 0.806. The number of hydrogen-bond donors (Lipinski definition) is 2. The molecule has 0 aliphatic carbocycles. The lowest BCUT2D eigenvalue weighted by Crippen LogP contribution is -2.45. The second-order valence-electron chi connectivity index (χ2n) is 4.27. The molecule has 92 valence electrons. The smallest absolute Gasteiger partial charge is 0.279 e. The number of rotatable bonds is 6. The molecule has 0 radical (unpaired) electrons. The first-order chi connectivity index (χ1) is 6.68. The van der Waals surface area contributed by atoms with Gasteiger partial charge < -0.3 is 5.11 Å². The summed E-state index contributed by atoms with van der Waals surface area (Å²) in [6.45, 7) is 7.31. The molecule has 0 heterocycles. The van der Waals surface area contributed by atoms with Gasteiger partial charge in [-0.25, -0.2) is 0 Å². The largest absolute Gasteiger partial charge is 0.391 e. The van der Waals surface area contributed by atoms with Crippen LogP contribution in [0.1, 0.15) is 27.7 Å². The summed E-state index contributed by atoms with van der Waals surface area (Å²) in [5, 5.41) is 9.46. The Morgan fingerprint density at radius 2 is 1.73 bits per heavy atom. The van der Waals surface area contributed by atoms with E-state index >= 15 is 0 Å². The van der Waals surface area contributed by atoms with E-state index in [0.717, 1.165) is 0 Å². The molecule has 5 nitrogen and oxygen atoms in total. The molecule has 0 fully saturated rings. The van der Waals surface area contributed by atoms with Crippen molar-refractivity contribution in [1.82, 2.24) is 9.03 Å². The zero-order valence-electron chi connectivity index (χ0n) is 10.1. The highest BCUT2D eigenvalue weighted by Crippen LogP contribution is 2.03. The van der Waals surface area contributed by atoms with Crippen molar-refractivity contribution in [3.63, 3.8) is 0 Å². The second-order valence-corrected chi connectivity index (χ2v) is 6.09. The summed E-state index contributed by atoms with van der Waals surface area (Å²) in [5.74, 6) is 0.0389. The number of nitrogens with zero attached hydrogens (tertiary/aromatic N) is 1. The molecule has 0 rings (SSSR count). The van der Waals surface area contributed by atoms with Crippen LogP contribution in [0.4, 0.5) is 0 Å². The van der Waals surface area contributed by atoms with Crippen molar-refractivity contribution in [3.8, 4) is 0 Å². The van der Waals surface area contributed by atoms with E-state index in [4.69, 9.17) is 0 Å². The zero-order chi connectivity index (χ0) is 12.2. The molecule has 0 bridgehead atoms. The summed E-state index contributed by atoms with van der Waals surface area (Å²) in [4.78, 5) is 0. The SMILES string of the molecule is CC(C)C(O)CNS(=O)(=O)N(C)C(C)C. The molecule has 1 atom stereocenters. The zero-order valence-corrected chi connectivity index (χ0v) is 10.9. The van der Waals surface area contributed by atoms with Crippen molar-refractivity contribution in [2.24, 2.45) is 5.92 Å². The molecular formula is C9H22N2O3S. The Labute approximate surface area is 92.7 Å². The first-order valence-electron chi connectivity index (χ1n) is 5.09. The fraction of sp³-hybridized carbons (Fsp3) is 1.00. The Bertz CT molecular complexity index is 275. The molecule has 0 aromatic heterocycles. The van der Waals surface area contributed by atoms with Crippen LogP contribution in [0, 0.1) is 5.92 Å². The van der Waals surface area contributed by atoms with Gasteiger partial charge in [-0.15, -0.1) is 0 Å². The molecule has 0 saturated carbocycles. The van der Waals surface area contributed by atoms with Crippen LogP contribution in [-0.2, 0) is 10.2 Å². The number of aliphatic hydroxyl groups is 1. The Hall–Kier alpha value is -0.170. The van der Waals surface area contributed by atoms with Crippen LogP contribution in [-0.4, -0.2) is 43.6 Å². The first-order valence-corrected chi connectivity index (χ1v) is 6.53. The summed E-state index contributed by atoms with van der Waals surface area (Å²) in [7, 11) is -1.96. The van der Waals surface area contributed by atoms with Gasteiger partial charge in [0.15, 0.2) is 0 Å². The van der Waals surface area contributed by atoms with Gasteiger partial charge >= 0.3 is 0 Å². The minimum Gasteiger partial charge on any atom is -0.391 e. The average Bonchev–Trinajstić information content (AvgIpc) is 2.12. The van der Waals surface area contributed by atoms with Crippen LogP contribution in [0.15, 0.2) is 0 Å². The molecule has 0 aliphatic heterocycles. The highest BCUT2D eigenvalue weighted by Gasteiger charge is 2.21. The highest BCUT2D eigenvalue weighted by atomic mass is 32.2. The van der Waals surface area contributed by atoms with E-state index < -0.39 is 16.3 Å². The third-order valence-corrected chi connectivity index (χ3v) is 4.06. The van der Waals surface area contributed by atoms with Crippen LogP contribution in [0.5, 0.6) is 0 Å². The molecule has 0 amide bonds. The highest BCUT2D eigenvalue weighted by molar-refractivity contribution is 7.87. The predicted molar refractivity (Wildman–Crippen MR) is 60.7 cm³/mol. The molecule has 15 heavy (non-hydrogen) atoms. The second kappa shape index (κ2) is 5.79. The van der Waals surface area contributed by atoms with E-state index in [1.54, 1.807) is 13.8 Å². The first kappa shape index (κ1) is 14.8. The quantitative estimate of drug-likeness (QED) is 0.693. The number of hydrogen-bond acceptors (Lipinski definition) is 3. The summed E-state index contributed by atoms with van der Waals surface area (Å²) >= 11 is 0. The molecule has 0 aromatic carbocycles. The fourth-order valence-corrected chi connectivity index (χ4v) is 1.95. The van der Waals surface area contributed by atoms with Crippen LogP contribution in [0.25, 0.3) is 0 Å². The number of aliphatic hydroxyl groups excluding tert-OH is 1. The Balaban J connectivity index is 4.29. The lowest BCUT2D eigenvalue weighted by atomic mass is 10.1. The molecule has 2 N–H and O–H groups in total. The van der Waals surface area contributed by atoms with Crippen molar-refractivity contribution in [2.75, 3.05) is 13.6 Å². The predicted octanol–water partition coefficient (Wildman–Crippen LogP) is 0.178. The Kier molecular flexibility index (Phi) is 5.72. The van der Waals surface area contributed by atoms with E-state index in [9.17, 15) is 13.5 Å². The van der Waals surface area contributed by atoms with Crippen molar-refractivity contribution >= 4 is 10.2 Å². The Morgan fingerprint density at radius 3 is 2.07 bits per heavy atom. The Morgan fingerprint density at radius 1 is 1.27 bits per heavy atom. The number of nitrogens with one attached hydrogen (secondary N) is 1. The van der Waals surface area contributed by atoms with Crippen molar-refractivity contribution in [1.29, 1.82) is 0 Å². The van der Waals surface area contributed by atoms with Crippen LogP contribution in [0.3, 0.4) is 0 Å². The van der Waals surface area contributed by atoms with E-state index in [0.29, 0.717) is 0 Å². The topological polar surface area (TPSA) is 69.6 Å².